The Balaban J connectivity index is 2.07. The maximum atomic E-state index is 12.9. The largest absolute Gasteiger partial charge is 0.493 e. The van der Waals surface area contributed by atoms with Crippen LogP contribution in [0.1, 0.15) is 46.1 Å². The lowest BCUT2D eigenvalue weighted by Gasteiger charge is -2.22. The maximum Gasteiger partial charge on any atom is 0.262 e. The van der Waals surface area contributed by atoms with Gasteiger partial charge >= 0.3 is 0 Å². The van der Waals surface area contributed by atoms with Crippen LogP contribution in [0.5, 0.6) is 17.2 Å². The fourth-order valence-electron chi connectivity index (χ4n) is 3.20. The van der Waals surface area contributed by atoms with E-state index < -0.39 is 24.0 Å². The van der Waals surface area contributed by atoms with Gasteiger partial charge in [0.15, 0.2) is 17.6 Å². The van der Waals surface area contributed by atoms with Crippen molar-refractivity contribution in [3.63, 3.8) is 0 Å². The third-order valence-electron chi connectivity index (χ3n) is 4.97. The van der Waals surface area contributed by atoms with Crippen molar-refractivity contribution in [1.29, 1.82) is 0 Å². The summed E-state index contributed by atoms with van der Waals surface area (Å²) in [7, 11) is 1.56. The first-order valence-corrected chi connectivity index (χ1v) is 12.5. The van der Waals surface area contributed by atoms with Gasteiger partial charge in [-0.05, 0) is 56.0 Å². The van der Waals surface area contributed by atoms with E-state index in [9.17, 15) is 9.59 Å². The second kappa shape index (κ2) is 14.6. The minimum absolute atomic E-state index is 0.138. The molecular weight excluding hydrogens is 505 g/mol. The van der Waals surface area contributed by atoms with Crippen molar-refractivity contribution >= 4 is 41.2 Å². The Labute approximate surface area is 222 Å². The number of amides is 2. The summed E-state index contributed by atoms with van der Waals surface area (Å²) in [6.45, 7) is 8.00. The van der Waals surface area contributed by atoms with E-state index in [1.54, 1.807) is 44.4 Å². The van der Waals surface area contributed by atoms with Crippen LogP contribution in [-0.4, -0.2) is 43.9 Å². The number of nitrogens with one attached hydrogen (secondary N) is 2. The van der Waals surface area contributed by atoms with E-state index in [-0.39, 0.29) is 10.9 Å². The van der Waals surface area contributed by atoms with Crippen molar-refractivity contribution in [2.45, 2.75) is 52.7 Å². The first-order chi connectivity index (χ1) is 17.2. The Morgan fingerprint density at radius 1 is 1.08 bits per heavy atom. The van der Waals surface area contributed by atoms with Crippen LogP contribution in [0, 0.1) is 5.92 Å². The average molecular weight is 538 g/mol. The highest BCUT2D eigenvalue weighted by molar-refractivity contribution is 6.35. The summed E-state index contributed by atoms with van der Waals surface area (Å²) < 4.78 is 16.8. The molecule has 2 aromatic rings. The lowest BCUT2D eigenvalue weighted by Crippen LogP contribution is -2.49. The normalized spacial score (nSPS) is 12.8. The van der Waals surface area contributed by atoms with Gasteiger partial charge in [-0.25, -0.2) is 5.43 Å². The Kier molecular flexibility index (Phi) is 11.8. The molecule has 8 nitrogen and oxygen atoms in total. The van der Waals surface area contributed by atoms with Gasteiger partial charge in [-0.1, -0.05) is 50.0 Å². The number of methoxy groups -OCH3 is 1. The Bertz CT molecular complexity index is 1060. The average Bonchev–Trinajstić information content (AvgIpc) is 2.83. The van der Waals surface area contributed by atoms with Crippen LogP contribution in [0.4, 0.5) is 0 Å². The van der Waals surface area contributed by atoms with E-state index in [4.69, 9.17) is 37.4 Å². The van der Waals surface area contributed by atoms with Gasteiger partial charge in [-0.2, -0.15) is 5.10 Å². The number of nitrogens with zero attached hydrogens (tertiary/aromatic N) is 1. The zero-order valence-corrected chi connectivity index (χ0v) is 22.7. The highest BCUT2D eigenvalue weighted by atomic mass is 35.5. The SMILES string of the molecule is CCCOc1c(/C=N\NC(=O)[C@H](CC(C)C)NC(=O)[C@H](C)Oc2ccc(Cl)cc2Cl)cccc1OC. The summed E-state index contributed by atoms with van der Waals surface area (Å²) in [6.07, 6.45) is 1.82. The van der Waals surface area contributed by atoms with Crippen LogP contribution < -0.4 is 25.0 Å². The molecule has 2 amide bonds. The number of rotatable bonds is 13. The van der Waals surface area contributed by atoms with Gasteiger partial charge < -0.3 is 19.5 Å². The molecule has 10 heteroatoms. The van der Waals surface area contributed by atoms with E-state index in [0.29, 0.717) is 40.9 Å². The van der Waals surface area contributed by atoms with Crippen molar-refractivity contribution in [2.75, 3.05) is 13.7 Å². The number of hydrazone groups is 1. The molecule has 0 saturated carbocycles. The van der Waals surface area contributed by atoms with Crippen molar-refractivity contribution in [3.05, 3.63) is 52.0 Å². The molecule has 0 aliphatic carbocycles. The summed E-state index contributed by atoms with van der Waals surface area (Å²) >= 11 is 12.0. The summed E-state index contributed by atoms with van der Waals surface area (Å²) in [5.74, 6) is 0.645. The quantitative estimate of drug-likeness (QED) is 0.269. The molecule has 0 spiro atoms. The number of halogens is 2. The van der Waals surface area contributed by atoms with Crippen LogP contribution in [0.3, 0.4) is 0 Å². The molecular formula is C26H33Cl2N3O5. The molecule has 0 saturated heterocycles. The van der Waals surface area contributed by atoms with E-state index >= 15 is 0 Å². The Morgan fingerprint density at radius 2 is 1.83 bits per heavy atom. The van der Waals surface area contributed by atoms with Crippen molar-refractivity contribution in [2.24, 2.45) is 11.0 Å². The second-order valence-corrected chi connectivity index (χ2v) is 9.33. The zero-order chi connectivity index (χ0) is 26.7. The summed E-state index contributed by atoms with van der Waals surface area (Å²) in [5, 5.41) is 7.56. The monoisotopic (exact) mass is 537 g/mol. The predicted octanol–water partition coefficient (Wildman–Crippen LogP) is 5.24. The van der Waals surface area contributed by atoms with Gasteiger partial charge in [0.1, 0.15) is 11.8 Å². The summed E-state index contributed by atoms with van der Waals surface area (Å²) in [4.78, 5) is 25.7. The molecule has 0 aliphatic heterocycles. The van der Waals surface area contributed by atoms with E-state index in [1.807, 2.05) is 20.8 Å². The lowest BCUT2D eigenvalue weighted by atomic mass is 10.0. The van der Waals surface area contributed by atoms with Crippen LogP contribution in [0.25, 0.3) is 0 Å². The fraction of sp³-hybridized carbons (Fsp3) is 0.423. The Hall–Kier alpha value is -2.97. The summed E-state index contributed by atoms with van der Waals surface area (Å²) in [6, 6.07) is 9.30. The van der Waals surface area contributed by atoms with Crippen LogP contribution in [-0.2, 0) is 9.59 Å². The molecule has 0 radical (unpaired) electrons. The van der Waals surface area contributed by atoms with Gasteiger partial charge in [-0.15, -0.1) is 0 Å². The fourth-order valence-corrected chi connectivity index (χ4v) is 3.66. The van der Waals surface area contributed by atoms with Crippen molar-refractivity contribution in [1.82, 2.24) is 10.7 Å². The molecule has 2 aromatic carbocycles. The Morgan fingerprint density at radius 3 is 2.47 bits per heavy atom. The molecule has 0 aliphatic rings. The van der Waals surface area contributed by atoms with Crippen molar-refractivity contribution < 1.29 is 23.8 Å². The van der Waals surface area contributed by atoms with Gasteiger partial charge in [0.2, 0.25) is 0 Å². The van der Waals surface area contributed by atoms with E-state index in [1.165, 1.54) is 12.3 Å². The number of ether oxygens (including phenoxy) is 3. The van der Waals surface area contributed by atoms with Gasteiger partial charge in [-0.3, -0.25) is 9.59 Å². The number of hydrogen-bond donors (Lipinski definition) is 2. The van der Waals surface area contributed by atoms with Gasteiger partial charge in [0.25, 0.3) is 11.8 Å². The minimum Gasteiger partial charge on any atom is -0.493 e. The molecule has 2 rings (SSSR count). The maximum absolute atomic E-state index is 12.9. The van der Waals surface area contributed by atoms with Crippen LogP contribution in [0.15, 0.2) is 41.5 Å². The third kappa shape index (κ3) is 8.91. The lowest BCUT2D eigenvalue weighted by molar-refractivity contribution is -0.132. The molecule has 0 fully saturated rings. The van der Waals surface area contributed by atoms with Gasteiger partial charge in [0.05, 0.1) is 25.0 Å². The third-order valence-corrected chi connectivity index (χ3v) is 5.50. The molecule has 0 unspecified atom stereocenters. The molecule has 2 N–H and O–H groups in total. The first kappa shape index (κ1) is 29.3. The molecule has 0 heterocycles. The molecule has 0 aromatic heterocycles. The van der Waals surface area contributed by atoms with E-state index in [2.05, 4.69) is 15.8 Å². The molecule has 2 atom stereocenters. The molecule has 36 heavy (non-hydrogen) atoms. The standard InChI is InChI=1S/C26H33Cl2N3O5/c1-6-12-35-24-18(8-7-9-23(24)34-5)15-29-31-26(33)21(13-16(2)3)30-25(32)17(4)36-22-11-10-19(27)14-20(22)28/h7-11,14-17,21H,6,12-13H2,1-5H3,(H,30,32)(H,31,33)/b29-15-/t17-,21-/m0/s1. The van der Waals surface area contributed by atoms with Gasteiger partial charge in [0, 0.05) is 10.6 Å². The second-order valence-electron chi connectivity index (χ2n) is 8.49. The highest BCUT2D eigenvalue weighted by Gasteiger charge is 2.25. The number of benzene rings is 2. The predicted molar refractivity (Wildman–Crippen MR) is 142 cm³/mol. The van der Waals surface area contributed by atoms with Crippen LogP contribution in [0.2, 0.25) is 10.0 Å². The zero-order valence-electron chi connectivity index (χ0n) is 21.1. The highest BCUT2D eigenvalue weighted by Crippen LogP contribution is 2.30. The molecule has 0 bridgehead atoms. The number of hydrogen-bond acceptors (Lipinski definition) is 6. The minimum atomic E-state index is -0.898. The van der Waals surface area contributed by atoms with Crippen molar-refractivity contribution in [3.8, 4) is 17.2 Å². The first-order valence-electron chi connectivity index (χ1n) is 11.7. The smallest absolute Gasteiger partial charge is 0.262 e. The topological polar surface area (TPSA) is 98.2 Å². The number of para-hydroxylation sites is 1. The summed E-state index contributed by atoms with van der Waals surface area (Å²) in [5.41, 5.74) is 3.16. The number of carbonyl (C=O) groups excluding carboxylic acids is 2. The van der Waals surface area contributed by atoms with Crippen LogP contribution >= 0.6 is 23.2 Å². The molecule has 196 valence electrons. The number of carbonyl (C=O) groups is 2. The van der Waals surface area contributed by atoms with E-state index in [0.717, 1.165) is 6.42 Å².